The lowest BCUT2D eigenvalue weighted by Crippen LogP contribution is -2.26. The van der Waals surface area contributed by atoms with Crippen LogP contribution in [0.5, 0.6) is 11.5 Å². The Morgan fingerprint density at radius 2 is 1.67 bits per heavy atom. The third kappa shape index (κ3) is 4.63. The SMILES string of the molecule is NC(=O)[C@H](OC(=O)CCC(=O)c1ccc2c(c1)OCCO2)c1ccccc1. The molecule has 1 atom stereocenters. The lowest BCUT2D eigenvalue weighted by atomic mass is 10.1. The van der Waals surface area contributed by atoms with Crippen molar-refractivity contribution in [2.75, 3.05) is 13.2 Å². The number of primary amides is 1. The number of carbonyl (C=O) groups is 3. The van der Waals surface area contributed by atoms with E-state index in [0.717, 1.165) is 0 Å². The maximum Gasteiger partial charge on any atom is 0.307 e. The zero-order valence-corrected chi connectivity index (χ0v) is 14.6. The molecule has 27 heavy (non-hydrogen) atoms. The molecule has 0 unspecified atom stereocenters. The molecule has 0 spiro atoms. The predicted octanol–water partition coefficient (Wildman–Crippen LogP) is 2.19. The Morgan fingerprint density at radius 3 is 2.37 bits per heavy atom. The summed E-state index contributed by atoms with van der Waals surface area (Å²) in [7, 11) is 0. The smallest absolute Gasteiger partial charge is 0.307 e. The number of nitrogens with two attached hydrogens (primary N) is 1. The molecule has 0 aromatic heterocycles. The van der Waals surface area contributed by atoms with Gasteiger partial charge in [0.05, 0.1) is 6.42 Å². The van der Waals surface area contributed by atoms with E-state index in [1.165, 1.54) is 0 Å². The topological polar surface area (TPSA) is 105 Å². The van der Waals surface area contributed by atoms with Crippen molar-refractivity contribution in [1.82, 2.24) is 0 Å². The zero-order valence-electron chi connectivity index (χ0n) is 14.6. The molecule has 1 amide bonds. The lowest BCUT2D eigenvalue weighted by molar-refractivity contribution is -0.155. The lowest BCUT2D eigenvalue weighted by Gasteiger charge is -2.18. The van der Waals surface area contributed by atoms with E-state index in [2.05, 4.69) is 0 Å². The van der Waals surface area contributed by atoms with Crippen LogP contribution >= 0.6 is 0 Å². The predicted molar refractivity (Wildman–Crippen MR) is 95.5 cm³/mol. The van der Waals surface area contributed by atoms with Crippen molar-refractivity contribution in [2.24, 2.45) is 5.73 Å². The summed E-state index contributed by atoms with van der Waals surface area (Å²) in [5.41, 5.74) is 6.22. The average molecular weight is 369 g/mol. The summed E-state index contributed by atoms with van der Waals surface area (Å²) in [6.45, 7) is 0.888. The number of carbonyl (C=O) groups excluding carboxylic acids is 3. The first-order valence-corrected chi connectivity index (χ1v) is 8.51. The Labute approximate surface area is 156 Å². The first-order valence-electron chi connectivity index (χ1n) is 8.51. The molecule has 0 aliphatic carbocycles. The van der Waals surface area contributed by atoms with Crippen LogP contribution in [-0.4, -0.2) is 30.9 Å². The van der Waals surface area contributed by atoms with Gasteiger partial charge in [0.15, 0.2) is 17.3 Å². The van der Waals surface area contributed by atoms with Gasteiger partial charge in [0.25, 0.3) is 5.91 Å². The molecule has 140 valence electrons. The molecule has 3 rings (SSSR count). The average Bonchev–Trinajstić information content (AvgIpc) is 2.70. The third-order valence-electron chi connectivity index (χ3n) is 4.03. The summed E-state index contributed by atoms with van der Waals surface area (Å²) < 4.78 is 16.0. The summed E-state index contributed by atoms with van der Waals surface area (Å²) in [6.07, 6.45) is -1.40. The number of benzene rings is 2. The largest absolute Gasteiger partial charge is 0.486 e. The van der Waals surface area contributed by atoms with Gasteiger partial charge in [-0.3, -0.25) is 14.4 Å². The zero-order chi connectivity index (χ0) is 19.2. The molecule has 1 aliphatic heterocycles. The van der Waals surface area contributed by atoms with Crippen LogP contribution in [0.4, 0.5) is 0 Å². The number of esters is 1. The fraction of sp³-hybridized carbons (Fsp3) is 0.250. The monoisotopic (exact) mass is 369 g/mol. The van der Waals surface area contributed by atoms with Crippen molar-refractivity contribution in [3.05, 3.63) is 59.7 Å². The molecule has 0 saturated carbocycles. The van der Waals surface area contributed by atoms with E-state index in [1.807, 2.05) is 0 Å². The van der Waals surface area contributed by atoms with Gasteiger partial charge in [-0.05, 0) is 18.2 Å². The molecule has 0 saturated heterocycles. The van der Waals surface area contributed by atoms with Crippen molar-refractivity contribution in [3.8, 4) is 11.5 Å². The quantitative estimate of drug-likeness (QED) is 0.592. The highest BCUT2D eigenvalue weighted by molar-refractivity contribution is 5.98. The van der Waals surface area contributed by atoms with Crippen LogP contribution in [0.25, 0.3) is 0 Å². The Kier molecular flexibility index (Phi) is 5.71. The van der Waals surface area contributed by atoms with Gasteiger partial charge in [-0.15, -0.1) is 0 Å². The van der Waals surface area contributed by atoms with E-state index < -0.39 is 18.0 Å². The highest BCUT2D eigenvalue weighted by Crippen LogP contribution is 2.31. The summed E-state index contributed by atoms with van der Waals surface area (Å²) in [6, 6.07) is 13.4. The first kappa shape index (κ1) is 18.4. The van der Waals surface area contributed by atoms with Crippen LogP contribution < -0.4 is 15.2 Å². The summed E-state index contributed by atoms with van der Waals surface area (Å²) >= 11 is 0. The van der Waals surface area contributed by atoms with Crippen LogP contribution in [0.3, 0.4) is 0 Å². The number of ketones is 1. The van der Waals surface area contributed by atoms with Gasteiger partial charge in [0.2, 0.25) is 6.10 Å². The van der Waals surface area contributed by atoms with Crippen molar-refractivity contribution >= 4 is 17.7 Å². The number of rotatable bonds is 7. The molecule has 2 aromatic rings. The van der Waals surface area contributed by atoms with E-state index in [1.54, 1.807) is 48.5 Å². The first-order chi connectivity index (χ1) is 13.0. The second-order valence-corrected chi connectivity index (χ2v) is 5.96. The Balaban J connectivity index is 1.58. The van der Waals surface area contributed by atoms with Gasteiger partial charge in [0.1, 0.15) is 13.2 Å². The summed E-state index contributed by atoms with van der Waals surface area (Å²) in [5, 5.41) is 0. The van der Waals surface area contributed by atoms with Crippen LogP contribution in [-0.2, 0) is 14.3 Å². The third-order valence-corrected chi connectivity index (χ3v) is 4.03. The summed E-state index contributed by atoms with van der Waals surface area (Å²) in [4.78, 5) is 36.0. The van der Waals surface area contributed by atoms with E-state index in [9.17, 15) is 14.4 Å². The number of hydrogen-bond donors (Lipinski definition) is 1. The standard InChI is InChI=1S/C20H19NO6/c21-20(24)19(13-4-2-1-3-5-13)27-18(23)9-7-15(22)14-6-8-16-17(12-14)26-11-10-25-16/h1-6,8,12,19H,7,9-11H2,(H2,21,24)/t19-/m1/s1. The molecule has 1 aliphatic rings. The summed E-state index contributed by atoms with van der Waals surface area (Å²) in [5.74, 6) is -0.586. The van der Waals surface area contributed by atoms with Crippen LogP contribution in [0.2, 0.25) is 0 Å². The second kappa shape index (κ2) is 8.35. The second-order valence-electron chi connectivity index (χ2n) is 5.96. The van der Waals surface area contributed by atoms with Gasteiger partial charge < -0.3 is 19.9 Å². The molecular formula is C20H19NO6. The fourth-order valence-electron chi connectivity index (χ4n) is 2.69. The minimum atomic E-state index is -1.18. The van der Waals surface area contributed by atoms with Gasteiger partial charge in [-0.25, -0.2) is 0 Å². The van der Waals surface area contributed by atoms with E-state index in [4.69, 9.17) is 19.9 Å². The van der Waals surface area contributed by atoms with Crippen molar-refractivity contribution < 1.29 is 28.6 Å². The molecule has 7 heteroatoms. The molecule has 1 heterocycles. The maximum atomic E-state index is 12.3. The molecule has 2 N–H and O–H groups in total. The molecular weight excluding hydrogens is 350 g/mol. The van der Waals surface area contributed by atoms with Crippen LogP contribution in [0.1, 0.15) is 34.9 Å². The number of Topliss-reactive ketones (excluding diaryl/α,β-unsaturated/α-hetero) is 1. The van der Waals surface area contributed by atoms with Crippen LogP contribution in [0, 0.1) is 0 Å². The highest BCUT2D eigenvalue weighted by Gasteiger charge is 2.23. The van der Waals surface area contributed by atoms with Crippen LogP contribution in [0.15, 0.2) is 48.5 Å². The minimum absolute atomic E-state index is 0.0568. The van der Waals surface area contributed by atoms with Crippen molar-refractivity contribution in [2.45, 2.75) is 18.9 Å². The van der Waals surface area contributed by atoms with E-state index in [0.29, 0.717) is 35.8 Å². The fourth-order valence-corrected chi connectivity index (χ4v) is 2.69. The number of amides is 1. The molecule has 7 nitrogen and oxygen atoms in total. The normalized spacial score (nSPS) is 13.5. The van der Waals surface area contributed by atoms with Crippen molar-refractivity contribution in [3.63, 3.8) is 0 Å². The van der Waals surface area contributed by atoms with E-state index in [-0.39, 0.29) is 18.6 Å². The Bertz CT molecular complexity index is 849. The number of hydrogen-bond acceptors (Lipinski definition) is 6. The minimum Gasteiger partial charge on any atom is -0.486 e. The Morgan fingerprint density at radius 1 is 0.963 bits per heavy atom. The van der Waals surface area contributed by atoms with Gasteiger partial charge in [0, 0.05) is 17.5 Å². The molecule has 2 aromatic carbocycles. The molecule has 0 fully saturated rings. The van der Waals surface area contributed by atoms with E-state index >= 15 is 0 Å². The van der Waals surface area contributed by atoms with Gasteiger partial charge in [-0.2, -0.15) is 0 Å². The number of ether oxygens (including phenoxy) is 3. The maximum absolute atomic E-state index is 12.3. The van der Waals surface area contributed by atoms with Gasteiger partial charge in [-0.1, -0.05) is 30.3 Å². The number of fused-ring (bicyclic) bond motifs is 1. The molecule has 0 radical (unpaired) electrons. The molecule has 0 bridgehead atoms. The van der Waals surface area contributed by atoms with Crippen molar-refractivity contribution in [1.29, 1.82) is 0 Å². The highest BCUT2D eigenvalue weighted by atomic mass is 16.6. The van der Waals surface area contributed by atoms with Gasteiger partial charge >= 0.3 is 5.97 Å². The Hall–Kier alpha value is -3.35.